The quantitative estimate of drug-likeness (QED) is 0.609. The van der Waals surface area contributed by atoms with Crippen LogP contribution in [-0.4, -0.2) is 0 Å². The Morgan fingerprint density at radius 3 is 1.88 bits per heavy atom. The van der Waals surface area contributed by atoms with Gasteiger partial charge in [0.1, 0.15) is 0 Å². The predicted molar refractivity (Wildman–Crippen MR) is 75.5 cm³/mol. The molecular weight excluding hydrogens is 192 g/mol. The molecule has 1 aromatic rings. The summed E-state index contributed by atoms with van der Waals surface area (Å²) in [6, 6.07) is 8.43. The number of hydrogen-bond donors (Lipinski definition) is 0. The van der Waals surface area contributed by atoms with Gasteiger partial charge in [-0.2, -0.15) is 0 Å². The molecule has 0 bridgehead atoms. The third-order valence-corrected chi connectivity index (χ3v) is 2.30. The van der Waals surface area contributed by atoms with Crippen molar-refractivity contribution in [1.82, 2.24) is 0 Å². The monoisotopic (exact) mass is 214 g/mol. The lowest BCUT2D eigenvalue weighted by atomic mass is 10.00. The van der Waals surface area contributed by atoms with Crippen molar-refractivity contribution < 1.29 is 0 Å². The Morgan fingerprint density at radius 2 is 1.50 bits per heavy atom. The van der Waals surface area contributed by atoms with Gasteiger partial charge in [0, 0.05) is 0 Å². The second-order valence-electron chi connectivity index (χ2n) is 3.37. The highest BCUT2D eigenvalue weighted by Gasteiger charge is 1.99. The van der Waals surface area contributed by atoms with Crippen LogP contribution in [0.15, 0.2) is 55.1 Å². The molecule has 0 aromatic heterocycles. The van der Waals surface area contributed by atoms with E-state index in [1.165, 1.54) is 11.1 Å². The summed E-state index contributed by atoms with van der Waals surface area (Å²) < 4.78 is 0. The maximum atomic E-state index is 3.82. The normalized spacial score (nSPS) is 10.8. The molecule has 0 fully saturated rings. The maximum Gasteiger partial charge on any atom is -0.0161 e. The standard InChI is InChI=1S/C14H16.C2H6/c1-5-12(4)14(6-2)13-9-7-11(3)8-10-13;1-2/h5-10H,1-2H2,3-4H3;1-2H3/b14-12+;. The molecule has 86 valence electrons. The van der Waals surface area contributed by atoms with Gasteiger partial charge in [-0.05, 0) is 30.6 Å². The number of aryl methyl sites for hydroxylation is 1. The van der Waals surface area contributed by atoms with Crippen molar-refractivity contribution in [3.05, 3.63) is 66.3 Å². The van der Waals surface area contributed by atoms with Crippen molar-refractivity contribution in [2.24, 2.45) is 0 Å². The Bertz CT molecular complexity index is 364. The predicted octanol–water partition coefficient (Wildman–Crippen LogP) is 5.17. The summed E-state index contributed by atoms with van der Waals surface area (Å²) in [6.45, 7) is 15.7. The molecule has 0 atom stereocenters. The molecular formula is C16H22. The summed E-state index contributed by atoms with van der Waals surface area (Å²) in [6.07, 6.45) is 3.73. The van der Waals surface area contributed by atoms with E-state index < -0.39 is 0 Å². The minimum absolute atomic E-state index is 1.15. The van der Waals surface area contributed by atoms with Crippen molar-refractivity contribution in [3.63, 3.8) is 0 Å². The van der Waals surface area contributed by atoms with Crippen molar-refractivity contribution >= 4 is 5.57 Å². The SMILES string of the molecule is C=C/C(C)=C(\C=C)c1ccc(C)cc1.CC. The summed E-state index contributed by atoms with van der Waals surface area (Å²) in [5.41, 5.74) is 4.78. The minimum Gasteiger partial charge on any atom is -0.0988 e. The molecule has 0 aliphatic rings. The second-order valence-corrected chi connectivity index (χ2v) is 3.37. The summed E-state index contributed by atoms with van der Waals surface area (Å²) >= 11 is 0. The Labute approximate surface area is 100 Å². The molecule has 0 nitrogen and oxygen atoms in total. The fraction of sp³-hybridized carbons (Fsp3) is 0.250. The van der Waals surface area contributed by atoms with Gasteiger partial charge in [-0.1, -0.05) is 69.0 Å². The zero-order valence-electron chi connectivity index (χ0n) is 10.9. The van der Waals surface area contributed by atoms with E-state index in [-0.39, 0.29) is 0 Å². The van der Waals surface area contributed by atoms with Crippen LogP contribution in [0.25, 0.3) is 5.57 Å². The van der Waals surface area contributed by atoms with Gasteiger partial charge in [0.2, 0.25) is 0 Å². The zero-order chi connectivity index (χ0) is 12.6. The largest absolute Gasteiger partial charge is 0.0988 e. The molecule has 0 heterocycles. The highest BCUT2D eigenvalue weighted by molar-refractivity contribution is 5.77. The third kappa shape index (κ3) is 3.90. The maximum absolute atomic E-state index is 3.82. The molecule has 16 heavy (non-hydrogen) atoms. The molecule has 0 saturated heterocycles. The van der Waals surface area contributed by atoms with Gasteiger partial charge in [-0.3, -0.25) is 0 Å². The molecule has 0 aliphatic heterocycles. The summed E-state index contributed by atoms with van der Waals surface area (Å²) in [7, 11) is 0. The van der Waals surface area contributed by atoms with Gasteiger partial charge >= 0.3 is 0 Å². The zero-order valence-corrected chi connectivity index (χ0v) is 10.9. The molecule has 0 N–H and O–H groups in total. The lowest BCUT2D eigenvalue weighted by Crippen LogP contribution is -1.84. The Kier molecular flexibility index (Phi) is 6.95. The van der Waals surface area contributed by atoms with Gasteiger partial charge in [-0.15, -0.1) is 0 Å². The molecule has 1 aromatic carbocycles. The Hall–Kier alpha value is -1.56. The number of benzene rings is 1. The van der Waals surface area contributed by atoms with E-state index in [9.17, 15) is 0 Å². The van der Waals surface area contributed by atoms with E-state index in [0.717, 1.165) is 11.1 Å². The van der Waals surface area contributed by atoms with E-state index in [4.69, 9.17) is 0 Å². The lowest BCUT2D eigenvalue weighted by molar-refractivity contribution is 1.44. The Morgan fingerprint density at radius 1 is 1.00 bits per heavy atom. The second kappa shape index (κ2) is 7.70. The van der Waals surface area contributed by atoms with Crippen molar-refractivity contribution in [2.75, 3.05) is 0 Å². The van der Waals surface area contributed by atoms with E-state index >= 15 is 0 Å². The van der Waals surface area contributed by atoms with Crippen molar-refractivity contribution in [2.45, 2.75) is 27.7 Å². The first kappa shape index (κ1) is 14.4. The van der Waals surface area contributed by atoms with E-state index in [1.807, 2.05) is 32.9 Å². The van der Waals surface area contributed by atoms with Crippen LogP contribution >= 0.6 is 0 Å². The highest BCUT2D eigenvalue weighted by atomic mass is 14.0. The van der Waals surface area contributed by atoms with E-state index in [1.54, 1.807) is 0 Å². The van der Waals surface area contributed by atoms with Crippen LogP contribution in [0.1, 0.15) is 31.9 Å². The molecule has 0 spiro atoms. The smallest absolute Gasteiger partial charge is 0.0161 e. The van der Waals surface area contributed by atoms with Crippen LogP contribution in [0.5, 0.6) is 0 Å². The van der Waals surface area contributed by atoms with Crippen molar-refractivity contribution in [3.8, 4) is 0 Å². The summed E-state index contributed by atoms with van der Waals surface area (Å²) in [5, 5.41) is 0. The summed E-state index contributed by atoms with van der Waals surface area (Å²) in [5.74, 6) is 0. The van der Waals surface area contributed by atoms with Gasteiger partial charge in [0.05, 0.1) is 0 Å². The van der Waals surface area contributed by atoms with Gasteiger partial charge in [0.25, 0.3) is 0 Å². The van der Waals surface area contributed by atoms with Crippen LogP contribution in [0.3, 0.4) is 0 Å². The molecule has 0 saturated carbocycles. The van der Waals surface area contributed by atoms with Crippen LogP contribution in [0, 0.1) is 6.92 Å². The van der Waals surface area contributed by atoms with Crippen LogP contribution in [-0.2, 0) is 0 Å². The lowest BCUT2D eigenvalue weighted by Gasteiger charge is -2.05. The molecule has 0 heteroatoms. The average Bonchev–Trinajstić information content (AvgIpc) is 2.34. The molecule has 1 rings (SSSR count). The average molecular weight is 214 g/mol. The van der Waals surface area contributed by atoms with Gasteiger partial charge in [0.15, 0.2) is 0 Å². The molecule has 0 unspecified atom stereocenters. The first-order chi connectivity index (χ1) is 7.69. The molecule has 0 aliphatic carbocycles. The van der Waals surface area contributed by atoms with E-state index in [2.05, 4.69) is 44.3 Å². The number of rotatable bonds is 3. The van der Waals surface area contributed by atoms with Crippen molar-refractivity contribution in [1.29, 1.82) is 0 Å². The topological polar surface area (TPSA) is 0 Å². The number of allylic oxidation sites excluding steroid dienone is 4. The minimum atomic E-state index is 1.15. The number of hydrogen-bond acceptors (Lipinski definition) is 0. The fourth-order valence-corrected chi connectivity index (χ4v) is 1.35. The van der Waals surface area contributed by atoms with Crippen LogP contribution < -0.4 is 0 Å². The first-order valence-electron chi connectivity index (χ1n) is 5.72. The van der Waals surface area contributed by atoms with Crippen LogP contribution in [0.4, 0.5) is 0 Å². The van der Waals surface area contributed by atoms with Gasteiger partial charge < -0.3 is 0 Å². The fourth-order valence-electron chi connectivity index (χ4n) is 1.35. The molecule has 0 radical (unpaired) electrons. The third-order valence-electron chi connectivity index (χ3n) is 2.30. The first-order valence-corrected chi connectivity index (χ1v) is 5.72. The van der Waals surface area contributed by atoms with Gasteiger partial charge in [-0.25, -0.2) is 0 Å². The molecule has 0 amide bonds. The highest BCUT2D eigenvalue weighted by Crippen LogP contribution is 2.20. The van der Waals surface area contributed by atoms with Crippen LogP contribution in [0.2, 0.25) is 0 Å². The van der Waals surface area contributed by atoms with E-state index in [0.29, 0.717) is 0 Å². The Balaban J connectivity index is 0.00000106. The summed E-state index contributed by atoms with van der Waals surface area (Å²) in [4.78, 5) is 0.